The number of carboxylic acids is 1. The molecule has 2 rings (SSSR count). The normalized spacial score (nSPS) is 22.6. The van der Waals surface area contributed by atoms with Crippen LogP contribution in [0.4, 0.5) is 0 Å². The summed E-state index contributed by atoms with van der Waals surface area (Å²) in [5.41, 5.74) is 0.894. The van der Waals surface area contributed by atoms with Gasteiger partial charge >= 0.3 is 5.97 Å². The van der Waals surface area contributed by atoms with Crippen molar-refractivity contribution in [1.82, 2.24) is 4.90 Å². The number of hydrogen-bond acceptors (Lipinski definition) is 2. The van der Waals surface area contributed by atoms with E-state index < -0.39 is 12.0 Å². The Morgan fingerprint density at radius 2 is 2.11 bits per heavy atom. The zero-order valence-corrected chi connectivity index (χ0v) is 10.9. The number of aliphatic carboxylic acids is 1. The lowest BCUT2D eigenvalue weighted by atomic mass is 9.95. The van der Waals surface area contributed by atoms with Gasteiger partial charge in [0.1, 0.15) is 6.04 Å². The summed E-state index contributed by atoms with van der Waals surface area (Å²) in [5.74, 6) is -0.735. The lowest BCUT2D eigenvalue weighted by molar-refractivity contribution is -0.145. The van der Waals surface area contributed by atoms with Crippen LogP contribution in [0.3, 0.4) is 0 Å². The summed E-state index contributed by atoms with van der Waals surface area (Å²) in [6, 6.07) is 9.50. The van der Waals surface area contributed by atoms with E-state index in [0.717, 1.165) is 31.4 Å². The third-order valence-electron chi connectivity index (χ3n) is 3.82. The van der Waals surface area contributed by atoms with Crippen LogP contribution < -0.4 is 0 Å². The summed E-state index contributed by atoms with van der Waals surface area (Å²) < 4.78 is 0. The lowest BCUT2D eigenvalue weighted by Gasteiger charge is -2.39. The molecule has 1 fully saturated rings. The fraction of sp³-hybridized carbons (Fsp3) is 0.533. The molecule has 1 aromatic carbocycles. The van der Waals surface area contributed by atoms with E-state index in [1.807, 2.05) is 30.3 Å². The van der Waals surface area contributed by atoms with Gasteiger partial charge in [0.2, 0.25) is 0 Å². The summed E-state index contributed by atoms with van der Waals surface area (Å²) >= 11 is 0. The van der Waals surface area contributed by atoms with E-state index in [0.29, 0.717) is 6.04 Å². The Morgan fingerprint density at radius 3 is 2.72 bits per heavy atom. The van der Waals surface area contributed by atoms with Crippen molar-refractivity contribution >= 4 is 5.97 Å². The lowest BCUT2D eigenvalue weighted by Crippen LogP contribution is -2.44. The van der Waals surface area contributed by atoms with E-state index in [1.165, 1.54) is 6.42 Å². The molecule has 0 radical (unpaired) electrons. The maximum atomic E-state index is 11.6. The second-order valence-electron chi connectivity index (χ2n) is 4.95. The van der Waals surface area contributed by atoms with Gasteiger partial charge in [0.15, 0.2) is 0 Å². The molecule has 0 bridgehead atoms. The van der Waals surface area contributed by atoms with Crippen LogP contribution >= 0.6 is 0 Å². The highest BCUT2D eigenvalue weighted by atomic mass is 16.4. The molecule has 3 heteroatoms. The SMILES string of the molecule is CCC1CCCCN1C(C(=O)O)c1ccccc1. The number of piperidine rings is 1. The Morgan fingerprint density at radius 1 is 1.39 bits per heavy atom. The average molecular weight is 247 g/mol. The fourth-order valence-corrected chi connectivity index (χ4v) is 2.91. The van der Waals surface area contributed by atoms with Crippen LogP contribution in [0.15, 0.2) is 30.3 Å². The van der Waals surface area contributed by atoms with Gasteiger partial charge in [0.25, 0.3) is 0 Å². The van der Waals surface area contributed by atoms with Crippen molar-refractivity contribution in [2.45, 2.75) is 44.7 Å². The molecule has 0 saturated carbocycles. The van der Waals surface area contributed by atoms with Crippen molar-refractivity contribution in [3.05, 3.63) is 35.9 Å². The monoisotopic (exact) mass is 247 g/mol. The molecule has 98 valence electrons. The van der Waals surface area contributed by atoms with Crippen LogP contribution in [0.1, 0.15) is 44.2 Å². The summed E-state index contributed by atoms with van der Waals surface area (Å²) in [7, 11) is 0. The molecule has 0 amide bonds. The van der Waals surface area contributed by atoms with Crippen molar-refractivity contribution in [1.29, 1.82) is 0 Å². The van der Waals surface area contributed by atoms with Crippen LogP contribution in [-0.2, 0) is 4.79 Å². The molecular weight excluding hydrogens is 226 g/mol. The van der Waals surface area contributed by atoms with E-state index in [9.17, 15) is 9.90 Å². The zero-order chi connectivity index (χ0) is 13.0. The van der Waals surface area contributed by atoms with Crippen LogP contribution in [0.25, 0.3) is 0 Å². The van der Waals surface area contributed by atoms with Gasteiger partial charge in [0, 0.05) is 6.04 Å². The first kappa shape index (κ1) is 13.1. The predicted molar refractivity (Wildman–Crippen MR) is 71.5 cm³/mol. The van der Waals surface area contributed by atoms with E-state index in [1.54, 1.807) is 0 Å². The summed E-state index contributed by atoms with van der Waals surface area (Å²) in [5, 5.41) is 9.55. The highest BCUT2D eigenvalue weighted by Gasteiger charge is 2.33. The molecule has 1 aliphatic heterocycles. The molecule has 0 spiro atoms. The van der Waals surface area contributed by atoms with E-state index >= 15 is 0 Å². The number of benzene rings is 1. The van der Waals surface area contributed by atoms with Crippen LogP contribution in [0, 0.1) is 0 Å². The minimum Gasteiger partial charge on any atom is -0.480 e. The second kappa shape index (κ2) is 6.01. The van der Waals surface area contributed by atoms with Crippen LogP contribution in [-0.4, -0.2) is 28.6 Å². The molecule has 1 aromatic rings. The van der Waals surface area contributed by atoms with Crippen molar-refractivity contribution in [3.8, 4) is 0 Å². The third kappa shape index (κ3) is 2.72. The Kier molecular flexibility index (Phi) is 4.37. The molecule has 2 unspecified atom stereocenters. The second-order valence-corrected chi connectivity index (χ2v) is 4.95. The van der Waals surface area contributed by atoms with E-state index in [-0.39, 0.29) is 0 Å². The van der Waals surface area contributed by atoms with Crippen molar-refractivity contribution < 1.29 is 9.90 Å². The maximum Gasteiger partial charge on any atom is 0.325 e. The molecule has 1 N–H and O–H groups in total. The molecule has 0 aromatic heterocycles. The van der Waals surface area contributed by atoms with Gasteiger partial charge in [0.05, 0.1) is 0 Å². The minimum absolute atomic E-state index is 0.403. The summed E-state index contributed by atoms with van der Waals surface area (Å²) in [6.45, 7) is 3.04. The predicted octanol–water partition coefficient (Wildman–Crippen LogP) is 3.08. The third-order valence-corrected chi connectivity index (χ3v) is 3.82. The highest BCUT2D eigenvalue weighted by molar-refractivity contribution is 5.75. The summed E-state index contributed by atoms with van der Waals surface area (Å²) in [6.07, 6.45) is 4.47. The first-order valence-electron chi connectivity index (χ1n) is 6.77. The number of nitrogens with zero attached hydrogens (tertiary/aromatic N) is 1. The van der Waals surface area contributed by atoms with Gasteiger partial charge in [-0.05, 0) is 31.4 Å². The topological polar surface area (TPSA) is 40.5 Å². The number of carboxylic acid groups (broad SMARTS) is 1. The molecule has 1 heterocycles. The number of hydrogen-bond donors (Lipinski definition) is 1. The molecular formula is C15H21NO2. The van der Waals surface area contributed by atoms with Gasteiger partial charge in [-0.25, -0.2) is 0 Å². The van der Waals surface area contributed by atoms with Gasteiger partial charge in [-0.1, -0.05) is 43.7 Å². The Balaban J connectivity index is 2.27. The molecule has 2 atom stereocenters. The van der Waals surface area contributed by atoms with Crippen molar-refractivity contribution in [3.63, 3.8) is 0 Å². The van der Waals surface area contributed by atoms with E-state index in [2.05, 4.69) is 11.8 Å². The molecule has 1 aliphatic rings. The average Bonchev–Trinajstić information content (AvgIpc) is 2.40. The van der Waals surface area contributed by atoms with Gasteiger partial charge in [-0.3, -0.25) is 9.69 Å². The Hall–Kier alpha value is -1.35. The molecule has 18 heavy (non-hydrogen) atoms. The summed E-state index contributed by atoms with van der Waals surface area (Å²) in [4.78, 5) is 13.8. The zero-order valence-electron chi connectivity index (χ0n) is 10.9. The van der Waals surface area contributed by atoms with Crippen molar-refractivity contribution in [2.24, 2.45) is 0 Å². The number of carbonyl (C=O) groups is 1. The van der Waals surface area contributed by atoms with Gasteiger partial charge in [-0.2, -0.15) is 0 Å². The fourth-order valence-electron chi connectivity index (χ4n) is 2.91. The first-order chi connectivity index (χ1) is 8.74. The number of likely N-dealkylation sites (tertiary alicyclic amines) is 1. The minimum atomic E-state index is -0.735. The standard InChI is InChI=1S/C15H21NO2/c1-2-13-10-6-7-11-16(13)14(15(17)18)12-8-4-3-5-9-12/h3-5,8-9,13-14H,2,6-7,10-11H2,1H3,(H,17,18). The smallest absolute Gasteiger partial charge is 0.325 e. The van der Waals surface area contributed by atoms with Crippen LogP contribution in [0.5, 0.6) is 0 Å². The molecule has 1 saturated heterocycles. The van der Waals surface area contributed by atoms with E-state index in [4.69, 9.17) is 0 Å². The van der Waals surface area contributed by atoms with Gasteiger partial charge < -0.3 is 5.11 Å². The quantitative estimate of drug-likeness (QED) is 0.889. The molecule has 0 aliphatic carbocycles. The number of rotatable bonds is 4. The van der Waals surface area contributed by atoms with Crippen molar-refractivity contribution in [2.75, 3.05) is 6.54 Å². The maximum absolute atomic E-state index is 11.6. The highest BCUT2D eigenvalue weighted by Crippen LogP contribution is 2.30. The Bertz CT molecular complexity index is 391. The Labute approximate surface area is 108 Å². The largest absolute Gasteiger partial charge is 0.480 e. The molecule has 3 nitrogen and oxygen atoms in total. The first-order valence-corrected chi connectivity index (χ1v) is 6.77. The van der Waals surface area contributed by atoms with Gasteiger partial charge in [-0.15, -0.1) is 0 Å². The van der Waals surface area contributed by atoms with Crippen LogP contribution in [0.2, 0.25) is 0 Å².